The monoisotopic (exact) mass is 400 g/mol. The first kappa shape index (κ1) is 18.8. The Bertz CT molecular complexity index is 569. The predicted molar refractivity (Wildman–Crippen MR) is 95.8 cm³/mol. The topological polar surface area (TPSA) is 89.7 Å². The highest BCUT2D eigenvalue weighted by Gasteiger charge is 2.27. The van der Waals surface area contributed by atoms with Gasteiger partial charge in [0.1, 0.15) is 17.2 Å². The van der Waals surface area contributed by atoms with Crippen LogP contribution in [-0.4, -0.2) is 41.3 Å². The van der Waals surface area contributed by atoms with E-state index in [9.17, 15) is 4.79 Å². The summed E-state index contributed by atoms with van der Waals surface area (Å²) in [5.74, 6) is 7.01. The van der Waals surface area contributed by atoms with Crippen LogP contribution in [0.4, 0.5) is 10.6 Å². The summed E-state index contributed by atoms with van der Waals surface area (Å²) in [4.78, 5) is 17.9. The third-order valence-electron chi connectivity index (χ3n) is 3.71. The van der Waals surface area contributed by atoms with Crippen molar-refractivity contribution in [3.8, 4) is 5.75 Å². The molecule has 1 fully saturated rings. The third-order valence-corrected chi connectivity index (χ3v) is 4.30. The SMILES string of the molecule is CC(C)(C)OC(=O)N1CCC(COc2cc(NN)ncc2Br)CC1. The van der Waals surface area contributed by atoms with Crippen molar-refractivity contribution < 1.29 is 14.3 Å². The summed E-state index contributed by atoms with van der Waals surface area (Å²) < 4.78 is 12.1. The lowest BCUT2D eigenvalue weighted by atomic mass is 9.98. The fourth-order valence-corrected chi connectivity index (χ4v) is 2.76. The van der Waals surface area contributed by atoms with Crippen LogP contribution in [0.2, 0.25) is 0 Å². The summed E-state index contributed by atoms with van der Waals surface area (Å²) in [6.07, 6.45) is 3.20. The van der Waals surface area contributed by atoms with Crippen molar-refractivity contribution in [3.63, 3.8) is 0 Å². The van der Waals surface area contributed by atoms with Crippen molar-refractivity contribution in [2.45, 2.75) is 39.2 Å². The fraction of sp³-hybridized carbons (Fsp3) is 0.625. The molecule has 0 atom stereocenters. The predicted octanol–water partition coefficient (Wildman–Crippen LogP) is 3.16. The second-order valence-electron chi connectivity index (χ2n) is 6.87. The van der Waals surface area contributed by atoms with Gasteiger partial charge in [-0.15, -0.1) is 0 Å². The fourth-order valence-electron chi connectivity index (χ4n) is 2.43. The lowest BCUT2D eigenvalue weighted by molar-refractivity contribution is 0.0165. The number of carbonyl (C=O) groups is 1. The number of rotatable bonds is 4. The zero-order chi connectivity index (χ0) is 17.7. The molecule has 1 amide bonds. The van der Waals surface area contributed by atoms with Crippen LogP contribution in [0.3, 0.4) is 0 Å². The number of hydrazine groups is 1. The second kappa shape index (κ2) is 8.02. The molecular weight excluding hydrogens is 376 g/mol. The first-order chi connectivity index (χ1) is 11.3. The Morgan fingerprint density at radius 3 is 2.71 bits per heavy atom. The van der Waals surface area contributed by atoms with Gasteiger partial charge in [0.25, 0.3) is 0 Å². The zero-order valence-electron chi connectivity index (χ0n) is 14.3. The van der Waals surface area contributed by atoms with Gasteiger partial charge in [0.05, 0.1) is 11.1 Å². The van der Waals surface area contributed by atoms with Crippen LogP contribution in [0.1, 0.15) is 33.6 Å². The molecule has 0 spiro atoms. The van der Waals surface area contributed by atoms with Crippen molar-refractivity contribution in [2.24, 2.45) is 11.8 Å². The maximum atomic E-state index is 12.1. The number of nitrogen functional groups attached to an aromatic ring is 1. The molecule has 2 rings (SSSR count). The number of likely N-dealkylation sites (tertiary alicyclic amines) is 1. The Morgan fingerprint density at radius 2 is 2.12 bits per heavy atom. The van der Waals surface area contributed by atoms with E-state index in [0.29, 0.717) is 37.2 Å². The average Bonchev–Trinajstić information content (AvgIpc) is 2.53. The largest absolute Gasteiger partial charge is 0.492 e. The first-order valence-electron chi connectivity index (χ1n) is 8.01. The smallest absolute Gasteiger partial charge is 0.410 e. The minimum atomic E-state index is -0.459. The number of halogens is 1. The van der Waals surface area contributed by atoms with Crippen LogP contribution in [0.15, 0.2) is 16.7 Å². The molecule has 134 valence electrons. The number of hydrogen-bond donors (Lipinski definition) is 2. The van der Waals surface area contributed by atoms with Crippen molar-refractivity contribution >= 4 is 27.8 Å². The summed E-state index contributed by atoms with van der Waals surface area (Å²) in [6.45, 7) is 7.61. The average molecular weight is 401 g/mol. The van der Waals surface area contributed by atoms with Gasteiger partial charge in [-0.2, -0.15) is 0 Å². The number of pyridine rings is 1. The maximum Gasteiger partial charge on any atom is 0.410 e. The van der Waals surface area contributed by atoms with Gasteiger partial charge in [0, 0.05) is 25.4 Å². The number of ether oxygens (including phenoxy) is 2. The van der Waals surface area contributed by atoms with Crippen LogP contribution < -0.4 is 16.0 Å². The highest BCUT2D eigenvalue weighted by molar-refractivity contribution is 9.10. The van der Waals surface area contributed by atoms with Gasteiger partial charge in [-0.05, 0) is 55.5 Å². The van der Waals surface area contributed by atoms with E-state index in [1.807, 2.05) is 20.8 Å². The van der Waals surface area contributed by atoms with E-state index in [-0.39, 0.29) is 6.09 Å². The van der Waals surface area contributed by atoms with E-state index in [1.54, 1.807) is 17.2 Å². The molecule has 8 heteroatoms. The highest BCUT2D eigenvalue weighted by Crippen LogP contribution is 2.28. The maximum absolute atomic E-state index is 12.1. The first-order valence-corrected chi connectivity index (χ1v) is 8.80. The zero-order valence-corrected chi connectivity index (χ0v) is 15.9. The number of nitrogens with two attached hydrogens (primary N) is 1. The van der Waals surface area contributed by atoms with Crippen LogP contribution in [0.5, 0.6) is 5.75 Å². The molecule has 0 aromatic carbocycles. The van der Waals surface area contributed by atoms with Crippen LogP contribution in [0.25, 0.3) is 0 Å². The molecular formula is C16H25BrN4O3. The number of carbonyl (C=O) groups excluding carboxylic acids is 1. The van der Waals surface area contributed by atoms with E-state index in [2.05, 4.69) is 26.3 Å². The molecule has 1 aliphatic heterocycles. The van der Waals surface area contributed by atoms with Crippen molar-refractivity contribution in [1.82, 2.24) is 9.88 Å². The van der Waals surface area contributed by atoms with Gasteiger partial charge in [-0.25, -0.2) is 15.6 Å². The molecule has 3 N–H and O–H groups in total. The highest BCUT2D eigenvalue weighted by atomic mass is 79.9. The number of amides is 1. The number of nitrogens with zero attached hydrogens (tertiary/aromatic N) is 2. The van der Waals surface area contributed by atoms with Crippen molar-refractivity contribution in [3.05, 3.63) is 16.7 Å². The Labute approximate surface area is 151 Å². The Morgan fingerprint density at radius 1 is 1.46 bits per heavy atom. The van der Waals surface area contributed by atoms with Gasteiger partial charge in [-0.3, -0.25) is 0 Å². The van der Waals surface area contributed by atoms with Crippen molar-refractivity contribution in [2.75, 3.05) is 25.1 Å². The van der Waals surface area contributed by atoms with Gasteiger partial charge in [0.2, 0.25) is 0 Å². The van der Waals surface area contributed by atoms with E-state index < -0.39 is 5.60 Å². The molecule has 1 aromatic rings. The Hall–Kier alpha value is -1.54. The molecule has 1 saturated heterocycles. The lowest BCUT2D eigenvalue weighted by Crippen LogP contribution is -2.42. The number of piperidine rings is 1. The molecule has 0 bridgehead atoms. The molecule has 0 unspecified atom stereocenters. The summed E-state index contributed by atoms with van der Waals surface area (Å²) in [5.41, 5.74) is 2.04. The molecule has 0 radical (unpaired) electrons. The summed E-state index contributed by atoms with van der Waals surface area (Å²) in [7, 11) is 0. The van der Waals surface area contributed by atoms with Gasteiger partial charge in [0.15, 0.2) is 0 Å². The Balaban J connectivity index is 1.80. The van der Waals surface area contributed by atoms with E-state index in [4.69, 9.17) is 15.3 Å². The molecule has 1 aromatic heterocycles. The minimum Gasteiger partial charge on any atom is -0.492 e. The number of anilines is 1. The van der Waals surface area contributed by atoms with Crippen LogP contribution in [0, 0.1) is 5.92 Å². The number of aromatic nitrogens is 1. The lowest BCUT2D eigenvalue weighted by Gasteiger charge is -2.33. The van der Waals surface area contributed by atoms with Gasteiger partial charge in [-0.1, -0.05) is 0 Å². The molecule has 24 heavy (non-hydrogen) atoms. The normalized spacial score (nSPS) is 16.0. The Kier molecular flexibility index (Phi) is 6.28. The molecule has 7 nitrogen and oxygen atoms in total. The molecule has 0 saturated carbocycles. The van der Waals surface area contributed by atoms with E-state index in [1.165, 1.54) is 0 Å². The standard InChI is InChI=1S/C16H25BrN4O3/c1-16(2,3)24-15(22)21-6-4-11(5-7-21)10-23-13-8-14(20-18)19-9-12(13)17/h8-9,11H,4-7,10,18H2,1-3H3,(H,19,20). The van der Waals surface area contributed by atoms with Gasteiger partial charge >= 0.3 is 6.09 Å². The van der Waals surface area contributed by atoms with Crippen LogP contribution >= 0.6 is 15.9 Å². The third kappa shape index (κ3) is 5.52. The summed E-state index contributed by atoms with van der Waals surface area (Å²) in [5, 5.41) is 0. The second-order valence-corrected chi connectivity index (χ2v) is 7.72. The number of hydrogen-bond acceptors (Lipinski definition) is 6. The molecule has 1 aliphatic rings. The summed E-state index contributed by atoms with van der Waals surface area (Å²) in [6, 6.07) is 1.75. The van der Waals surface area contributed by atoms with E-state index in [0.717, 1.165) is 17.3 Å². The van der Waals surface area contributed by atoms with Crippen molar-refractivity contribution in [1.29, 1.82) is 0 Å². The van der Waals surface area contributed by atoms with Crippen LogP contribution in [-0.2, 0) is 4.74 Å². The van der Waals surface area contributed by atoms with Gasteiger partial charge < -0.3 is 19.8 Å². The summed E-state index contributed by atoms with van der Waals surface area (Å²) >= 11 is 3.42. The molecule has 0 aliphatic carbocycles. The molecule has 2 heterocycles. The van der Waals surface area contributed by atoms with E-state index >= 15 is 0 Å². The number of nitrogens with one attached hydrogen (secondary N) is 1. The minimum absolute atomic E-state index is 0.239. The quantitative estimate of drug-likeness (QED) is 0.595.